The summed E-state index contributed by atoms with van der Waals surface area (Å²) in [6.07, 6.45) is 0.920. The maximum atomic E-state index is 12.5. The first-order valence-electron chi connectivity index (χ1n) is 10.4. The molecule has 0 unspecified atom stereocenters. The number of amides is 2. The van der Waals surface area contributed by atoms with E-state index in [9.17, 15) is 9.59 Å². The van der Waals surface area contributed by atoms with Gasteiger partial charge >= 0.3 is 0 Å². The van der Waals surface area contributed by atoms with E-state index in [-0.39, 0.29) is 24.0 Å². The lowest BCUT2D eigenvalue weighted by Crippen LogP contribution is -2.18. The van der Waals surface area contributed by atoms with E-state index in [1.807, 2.05) is 47.9 Å². The minimum atomic E-state index is -0.203. The van der Waals surface area contributed by atoms with E-state index in [4.69, 9.17) is 4.74 Å². The van der Waals surface area contributed by atoms with Gasteiger partial charge < -0.3 is 19.9 Å². The Morgan fingerprint density at radius 2 is 1.84 bits per heavy atom. The van der Waals surface area contributed by atoms with Crippen molar-refractivity contribution in [1.29, 1.82) is 0 Å². The number of ether oxygens (including phenoxy) is 1. The molecule has 2 N–H and O–H groups in total. The number of hydrogen-bond acceptors (Lipinski definition) is 6. The predicted octanol–water partition coefficient (Wildman–Crippen LogP) is 3.78. The lowest BCUT2D eigenvalue weighted by molar-refractivity contribution is -0.116. The lowest BCUT2D eigenvalue weighted by atomic mass is 10.1. The minimum absolute atomic E-state index is 0.0781. The molecule has 168 valence electrons. The fraction of sp³-hybridized carbons (Fsp3) is 0.304. The number of aryl methyl sites for hydroxylation is 1. The molecule has 1 heterocycles. The van der Waals surface area contributed by atoms with Crippen molar-refractivity contribution in [2.24, 2.45) is 0 Å². The highest BCUT2D eigenvalue weighted by molar-refractivity contribution is 7.99. The van der Waals surface area contributed by atoms with Crippen LogP contribution in [0.5, 0.6) is 5.75 Å². The molecule has 32 heavy (non-hydrogen) atoms. The largest absolute Gasteiger partial charge is 0.497 e. The fourth-order valence-electron chi connectivity index (χ4n) is 3.19. The van der Waals surface area contributed by atoms with Gasteiger partial charge in [-0.2, -0.15) is 0 Å². The summed E-state index contributed by atoms with van der Waals surface area (Å²) in [5, 5.41) is 14.8. The van der Waals surface area contributed by atoms with Crippen molar-refractivity contribution >= 4 is 35.0 Å². The Bertz CT molecular complexity index is 1080. The van der Waals surface area contributed by atoms with Crippen LogP contribution in [0.15, 0.2) is 53.7 Å². The average Bonchev–Trinajstić information content (AvgIpc) is 3.19. The summed E-state index contributed by atoms with van der Waals surface area (Å²) >= 11 is 1.30. The van der Waals surface area contributed by atoms with E-state index < -0.39 is 0 Å². The van der Waals surface area contributed by atoms with Gasteiger partial charge in [-0.05, 0) is 37.1 Å². The van der Waals surface area contributed by atoms with Gasteiger partial charge in [-0.3, -0.25) is 9.59 Å². The van der Waals surface area contributed by atoms with Crippen LogP contribution in [0.25, 0.3) is 0 Å². The Balaban J connectivity index is 1.59. The molecule has 0 spiro atoms. The van der Waals surface area contributed by atoms with Crippen LogP contribution in [0, 0.1) is 0 Å². The van der Waals surface area contributed by atoms with Crippen molar-refractivity contribution in [3.8, 4) is 5.75 Å². The Morgan fingerprint density at radius 1 is 1.03 bits per heavy atom. The van der Waals surface area contributed by atoms with Crippen molar-refractivity contribution < 1.29 is 14.3 Å². The maximum Gasteiger partial charge on any atom is 0.234 e. The molecule has 1 aromatic heterocycles. The fourth-order valence-corrected chi connectivity index (χ4v) is 4.01. The van der Waals surface area contributed by atoms with Crippen LogP contribution in [0.2, 0.25) is 0 Å². The molecule has 0 aliphatic rings. The first-order valence-corrected chi connectivity index (χ1v) is 11.4. The van der Waals surface area contributed by atoms with Gasteiger partial charge in [0.1, 0.15) is 11.6 Å². The van der Waals surface area contributed by atoms with E-state index >= 15 is 0 Å². The SMILES string of the molecule is CCc1ccccc1NC(=O)CSc1nnc(CC(=O)Nc2cccc(OC)c2)n1CC. The highest BCUT2D eigenvalue weighted by atomic mass is 32.2. The first kappa shape index (κ1) is 23.3. The molecule has 2 amide bonds. The molecule has 0 fully saturated rings. The standard InChI is InChI=1S/C23H27N5O3S/c1-4-16-9-6-7-12-19(16)25-22(30)15-32-23-27-26-20(28(23)5-2)14-21(29)24-17-10-8-11-18(13-17)31-3/h6-13H,4-5,14-15H2,1-3H3,(H,24,29)(H,25,30). The third-order valence-electron chi connectivity index (χ3n) is 4.79. The Labute approximate surface area is 191 Å². The van der Waals surface area contributed by atoms with Crippen LogP contribution in [0.4, 0.5) is 11.4 Å². The van der Waals surface area contributed by atoms with Crippen molar-refractivity contribution in [2.45, 2.75) is 38.4 Å². The number of benzene rings is 2. The van der Waals surface area contributed by atoms with E-state index in [1.165, 1.54) is 11.8 Å². The van der Waals surface area contributed by atoms with E-state index in [0.717, 1.165) is 17.7 Å². The van der Waals surface area contributed by atoms with Gasteiger partial charge in [0.25, 0.3) is 0 Å². The summed E-state index contributed by atoms with van der Waals surface area (Å²) in [6.45, 7) is 4.60. The number of carbonyl (C=O) groups excluding carboxylic acids is 2. The summed E-state index contributed by atoms with van der Waals surface area (Å²) in [5.74, 6) is 1.10. The smallest absolute Gasteiger partial charge is 0.234 e. The van der Waals surface area contributed by atoms with Gasteiger partial charge in [0, 0.05) is 24.0 Å². The van der Waals surface area contributed by atoms with Crippen molar-refractivity contribution in [1.82, 2.24) is 14.8 Å². The molecule has 0 saturated carbocycles. The number of nitrogens with one attached hydrogen (secondary N) is 2. The monoisotopic (exact) mass is 453 g/mol. The number of nitrogens with zero attached hydrogens (tertiary/aromatic N) is 3. The van der Waals surface area contributed by atoms with Crippen LogP contribution < -0.4 is 15.4 Å². The zero-order chi connectivity index (χ0) is 22.9. The topological polar surface area (TPSA) is 98.1 Å². The quantitative estimate of drug-likeness (QED) is 0.454. The molecule has 0 radical (unpaired) electrons. The summed E-state index contributed by atoms with van der Waals surface area (Å²) in [6, 6.07) is 14.9. The number of rotatable bonds is 10. The molecular formula is C23H27N5O3S. The summed E-state index contributed by atoms with van der Waals surface area (Å²) < 4.78 is 7.03. The van der Waals surface area contributed by atoms with E-state index in [2.05, 4.69) is 27.8 Å². The van der Waals surface area contributed by atoms with Crippen molar-refractivity contribution in [3.05, 3.63) is 59.9 Å². The van der Waals surface area contributed by atoms with Gasteiger partial charge in [0.05, 0.1) is 19.3 Å². The third-order valence-corrected chi connectivity index (χ3v) is 5.75. The van der Waals surface area contributed by atoms with E-state index in [1.54, 1.807) is 19.2 Å². The molecule has 9 heteroatoms. The lowest BCUT2D eigenvalue weighted by Gasteiger charge is -2.10. The van der Waals surface area contributed by atoms with Gasteiger partial charge in [-0.25, -0.2) is 0 Å². The summed E-state index contributed by atoms with van der Waals surface area (Å²) in [7, 11) is 1.58. The molecule has 3 rings (SSSR count). The highest BCUT2D eigenvalue weighted by Crippen LogP contribution is 2.21. The second-order valence-electron chi connectivity index (χ2n) is 6.95. The zero-order valence-electron chi connectivity index (χ0n) is 18.4. The molecule has 0 bridgehead atoms. The highest BCUT2D eigenvalue weighted by Gasteiger charge is 2.16. The van der Waals surface area contributed by atoms with Gasteiger partial charge in [0.15, 0.2) is 5.16 Å². The predicted molar refractivity (Wildman–Crippen MR) is 126 cm³/mol. The number of methoxy groups -OCH3 is 1. The van der Waals surface area contributed by atoms with Gasteiger partial charge in [0.2, 0.25) is 11.8 Å². The average molecular weight is 454 g/mol. The Kier molecular flexibility index (Phi) is 8.27. The van der Waals surface area contributed by atoms with Crippen LogP contribution in [0.1, 0.15) is 25.2 Å². The van der Waals surface area contributed by atoms with E-state index in [0.29, 0.717) is 29.0 Å². The second-order valence-corrected chi connectivity index (χ2v) is 7.89. The molecule has 0 aliphatic carbocycles. The number of para-hydroxylation sites is 1. The molecule has 3 aromatic rings. The zero-order valence-corrected chi connectivity index (χ0v) is 19.2. The normalized spacial score (nSPS) is 10.6. The molecular weight excluding hydrogens is 426 g/mol. The third kappa shape index (κ3) is 6.10. The molecule has 8 nitrogen and oxygen atoms in total. The number of carbonyl (C=O) groups is 2. The maximum absolute atomic E-state index is 12.5. The molecule has 0 atom stereocenters. The molecule has 0 saturated heterocycles. The van der Waals surface area contributed by atoms with Crippen molar-refractivity contribution in [3.63, 3.8) is 0 Å². The molecule has 0 aliphatic heterocycles. The number of hydrogen-bond donors (Lipinski definition) is 2. The summed E-state index contributed by atoms with van der Waals surface area (Å²) in [4.78, 5) is 24.9. The van der Waals surface area contributed by atoms with Gasteiger partial charge in [-0.15, -0.1) is 10.2 Å². The summed E-state index contributed by atoms with van der Waals surface area (Å²) in [5.41, 5.74) is 2.56. The Morgan fingerprint density at radius 3 is 2.59 bits per heavy atom. The Hall–Kier alpha value is -3.33. The van der Waals surface area contributed by atoms with Crippen LogP contribution in [0.3, 0.4) is 0 Å². The van der Waals surface area contributed by atoms with Crippen LogP contribution >= 0.6 is 11.8 Å². The number of thioether (sulfide) groups is 1. The minimum Gasteiger partial charge on any atom is -0.497 e. The van der Waals surface area contributed by atoms with Crippen molar-refractivity contribution in [2.75, 3.05) is 23.5 Å². The first-order chi connectivity index (χ1) is 15.5. The van der Waals surface area contributed by atoms with Crippen LogP contribution in [-0.4, -0.2) is 39.4 Å². The van der Waals surface area contributed by atoms with Gasteiger partial charge in [-0.1, -0.05) is 43.0 Å². The second kappa shape index (κ2) is 11.3. The number of anilines is 2. The van der Waals surface area contributed by atoms with Crippen LogP contribution in [-0.2, 0) is 29.0 Å². The molecule has 2 aromatic carbocycles. The number of aromatic nitrogens is 3.